The lowest BCUT2D eigenvalue weighted by Gasteiger charge is -2.33. The van der Waals surface area contributed by atoms with Crippen molar-refractivity contribution in [3.63, 3.8) is 0 Å². The molecule has 1 N–H and O–H groups in total. The molecule has 0 aliphatic carbocycles. The SMILES string of the molecule is CCN(SC1CCN(CCc2ccccc2)CC1)C(=O)Nc1ccccc1[N+](=O)[O-]. The Bertz CT molecular complexity index is 841. The molecule has 2 amide bonds. The molecule has 0 aromatic heterocycles. The number of hydrogen-bond donors (Lipinski definition) is 1. The Labute approximate surface area is 181 Å². The van der Waals surface area contributed by atoms with Gasteiger partial charge in [-0.15, -0.1) is 0 Å². The van der Waals surface area contributed by atoms with Crippen LogP contribution >= 0.6 is 11.9 Å². The summed E-state index contributed by atoms with van der Waals surface area (Å²) in [5.41, 5.74) is 1.48. The molecule has 0 saturated carbocycles. The Hall–Kier alpha value is -2.58. The van der Waals surface area contributed by atoms with E-state index in [0.717, 1.165) is 38.9 Å². The Morgan fingerprint density at radius 1 is 1.17 bits per heavy atom. The fourth-order valence-corrected chi connectivity index (χ4v) is 4.60. The number of hydrogen-bond acceptors (Lipinski definition) is 5. The van der Waals surface area contributed by atoms with Gasteiger partial charge < -0.3 is 10.2 Å². The lowest BCUT2D eigenvalue weighted by atomic mass is 10.1. The molecular formula is C22H28N4O3S. The molecule has 1 heterocycles. The minimum atomic E-state index is -0.482. The minimum absolute atomic E-state index is 0.0985. The lowest BCUT2D eigenvalue weighted by molar-refractivity contribution is -0.383. The van der Waals surface area contributed by atoms with Crippen molar-refractivity contribution in [2.45, 2.75) is 31.4 Å². The highest BCUT2D eigenvalue weighted by Crippen LogP contribution is 2.29. The van der Waals surface area contributed by atoms with Gasteiger partial charge in [-0.2, -0.15) is 0 Å². The second-order valence-electron chi connectivity index (χ2n) is 7.28. The highest BCUT2D eigenvalue weighted by atomic mass is 32.2. The van der Waals surface area contributed by atoms with Gasteiger partial charge in [-0.3, -0.25) is 14.4 Å². The molecule has 2 aromatic rings. The molecule has 2 aromatic carbocycles. The Kier molecular flexibility index (Phi) is 8.10. The number of carbonyl (C=O) groups excluding carboxylic acids is 1. The van der Waals surface area contributed by atoms with E-state index in [1.807, 2.05) is 13.0 Å². The van der Waals surface area contributed by atoms with E-state index in [1.165, 1.54) is 11.6 Å². The molecule has 0 unspecified atom stereocenters. The zero-order valence-corrected chi connectivity index (χ0v) is 18.0. The number of rotatable bonds is 8. The van der Waals surface area contributed by atoms with E-state index < -0.39 is 4.92 Å². The molecule has 1 aliphatic rings. The molecular weight excluding hydrogens is 400 g/mol. The maximum absolute atomic E-state index is 12.7. The van der Waals surface area contributed by atoms with Crippen LogP contribution in [0.5, 0.6) is 0 Å². The van der Waals surface area contributed by atoms with Crippen LogP contribution in [0.25, 0.3) is 0 Å². The number of carbonyl (C=O) groups is 1. The van der Waals surface area contributed by atoms with E-state index in [9.17, 15) is 14.9 Å². The predicted octanol–water partition coefficient (Wildman–Crippen LogP) is 4.80. The van der Waals surface area contributed by atoms with Gasteiger partial charge in [-0.05, 0) is 62.9 Å². The van der Waals surface area contributed by atoms with Crippen molar-refractivity contribution < 1.29 is 9.72 Å². The zero-order chi connectivity index (χ0) is 21.3. The van der Waals surface area contributed by atoms with Gasteiger partial charge in [0.15, 0.2) is 0 Å². The molecule has 1 fully saturated rings. The summed E-state index contributed by atoms with van der Waals surface area (Å²) in [4.78, 5) is 25.8. The summed E-state index contributed by atoms with van der Waals surface area (Å²) in [6.07, 6.45) is 3.10. The molecule has 8 heteroatoms. The molecule has 30 heavy (non-hydrogen) atoms. The maximum atomic E-state index is 12.7. The summed E-state index contributed by atoms with van der Waals surface area (Å²) in [5.74, 6) is 0. The summed E-state index contributed by atoms with van der Waals surface area (Å²) in [6, 6.07) is 16.4. The van der Waals surface area contributed by atoms with Crippen LogP contribution in [0.2, 0.25) is 0 Å². The van der Waals surface area contributed by atoms with Gasteiger partial charge in [0.05, 0.1) is 4.92 Å². The van der Waals surface area contributed by atoms with Crippen LogP contribution in [-0.4, -0.2) is 51.6 Å². The zero-order valence-electron chi connectivity index (χ0n) is 17.2. The quantitative estimate of drug-likeness (QED) is 0.371. The van der Waals surface area contributed by atoms with Gasteiger partial charge in [0.1, 0.15) is 5.69 Å². The van der Waals surface area contributed by atoms with E-state index >= 15 is 0 Å². The van der Waals surface area contributed by atoms with Gasteiger partial charge in [0.2, 0.25) is 0 Å². The number of para-hydroxylation sites is 2. The largest absolute Gasteiger partial charge is 0.332 e. The van der Waals surface area contributed by atoms with Crippen LogP contribution < -0.4 is 5.32 Å². The van der Waals surface area contributed by atoms with Crippen molar-refractivity contribution in [2.75, 3.05) is 31.5 Å². The van der Waals surface area contributed by atoms with Crippen molar-refractivity contribution in [2.24, 2.45) is 0 Å². The van der Waals surface area contributed by atoms with E-state index in [-0.39, 0.29) is 17.4 Å². The number of likely N-dealkylation sites (tertiary alicyclic amines) is 1. The smallest absolute Gasteiger partial charge is 0.303 e. The van der Waals surface area contributed by atoms with Crippen LogP contribution in [0.4, 0.5) is 16.2 Å². The summed E-state index contributed by atoms with van der Waals surface area (Å²) in [6.45, 7) is 5.55. The third-order valence-corrected chi connectivity index (χ3v) is 6.67. The van der Waals surface area contributed by atoms with Gasteiger partial charge in [-0.1, -0.05) is 42.5 Å². The van der Waals surface area contributed by atoms with Crippen LogP contribution in [-0.2, 0) is 6.42 Å². The van der Waals surface area contributed by atoms with E-state index in [0.29, 0.717) is 11.8 Å². The summed E-state index contributed by atoms with van der Waals surface area (Å²) < 4.78 is 1.67. The van der Waals surface area contributed by atoms with Crippen LogP contribution in [0.15, 0.2) is 54.6 Å². The van der Waals surface area contributed by atoms with Crippen molar-refractivity contribution in [3.8, 4) is 0 Å². The lowest BCUT2D eigenvalue weighted by Crippen LogP contribution is -2.38. The maximum Gasteiger partial charge on any atom is 0.332 e. The number of nitro benzene ring substituents is 1. The van der Waals surface area contributed by atoms with Gasteiger partial charge >= 0.3 is 6.03 Å². The number of nitrogens with one attached hydrogen (secondary N) is 1. The Morgan fingerprint density at radius 2 is 1.83 bits per heavy atom. The van der Waals surface area contributed by atoms with Crippen molar-refractivity contribution in [3.05, 3.63) is 70.3 Å². The molecule has 7 nitrogen and oxygen atoms in total. The number of nitrogens with zero attached hydrogens (tertiary/aromatic N) is 3. The second kappa shape index (κ2) is 11.0. The fraction of sp³-hybridized carbons (Fsp3) is 0.409. The first-order chi connectivity index (χ1) is 14.6. The number of anilines is 1. The van der Waals surface area contributed by atoms with Gasteiger partial charge in [0, 0.05) is 24.4 Å². The predicted molar refractivity (Wildman–Crippen MR) is 122 cm³/mol. The number of amides is 2. The first-order valence-corrected chi connectivity index (χ1v) is 11.2. The number of urea groups is 1. The summed E-state index contributed by atoms with van der Waals surface area (Å²) >= 11 is 1.55. The van der Waals surface area contributed by atoms with Gasteiger partial charge in [0.25, 0.3) is 5.69 Å². The van der Waals surface area contributed by atoms with E-state index in [4.69, 9.17) is 0 Å². The summed E-state index contributed by atoms with van der Waals surface area (Å²) in [7, 11) is 0. The number of benzene rings is 2. The molecule has 0 atom stereocenters. The Morgan fingerprint density at radius 3 is 2.50 bits per heavy atom. The third kappa shape index (κ3) is 6.21. The highest BCUT2D eigenvalue weighted by Gasteiger charge is 2.25. The fourth-order valence-electron chi connectivity index (χ4n) is 3.53. The van der Waals surface area contributed by atoms with Crippen molar-refractivity contribution in [1.29, 1.82) is 0 Å². The van der Waals surface area contributed by atoms with Crippen LogP contribution in [0, 0.1) is 10.1 Å². The summed E-state index contributed by atoms with van der Waals surface area (Å²) in [5, 5.41) is 14.2. The average Bonchev–Trinajstić information content (AvgIpc) is 2.77. The van der Waals surface area contributed by atoms with E-state index in [2.05, 4.69) is 34.5 Å². The molecule has 1 aliphatic heterocycles. The third-order valence-electron chi connectivity index (χ3n) is 5.23. The highest BCUT2D eigenvalue weighted by molar-refractivity contribution is 7.98. The average molecular weight is 429 g/mol. The minimum Gasteiger partial charge on any atom is -0.303 e. The standard InChI is InChI=1S/C22H28N4O3S/c1-2-25(22(27)23-20-10-6-7-11-21(20)26(28)29)30-19-13-16-24(17-14-19)15-12-18-8-4-3-5-9-18/h3-11,19H,2,12-17H2,1H3,(H,23,27). The van der Waals surface area contributed by atoms with Crippen molar-refractivity contribution in [1.82, 2.24) is 9.21 Å². The first-order valence-electron chi connectivity index (χ1n) is 10.3. The Balaban J connectivity index is 1.47. The van der Waals surface area contributed by atoms with E-state index in [1.54, 1.807) is 34.5 Å². The van der Waals surface area contributed by atoms with Gasteiger partial charge in [-0.25, -0.2) is 4.79 Å². The topological polar surface area (TPSA) is 78.7 Å². The number of piperidine rings is 1. The molecule has 160 valence electrons. The molecule has 0 bridgehead atoms. The molecule has 3 rings (SSSR count). The van der Waals surface area contributed by atoms with Crippen molar-refractivity contribution >= 4 is 29.4 Å². The first kappa shape index (κ1) is 22.1. The molecule has 0 spiro atoms. The normalized spacial score (nSPS) is 15.0. The number of nitro groups is 1. The molecule has 0 radical (unpaired) electrons. The van der Waals surface area contributed by atoms with Crippen LogP contribution in [0.3, 0.4) is 0 Å². The van der Waals surface area contributed by atoms with Crippen LogP contribution in [0.1, 0.15) is 25.3 Å². The molecule has 1 saturated heterocycles. The monoisotopic (exact) mass is 428 g/mol. The second-order valence-corrected chi connectivity index (χ2v) is 8.60.